The maximum absolute atomic E-state index is 12.9. The number of amides is 2. The standard InChI is InChI=1S/C27H28N2O2/c1-28(20-21-8-4-2-5-9-21)26(30)25-16-18-29(19-17-25)27(31)24-14-12-23(13-15-24)22-10-6-3-7-11-22/h2-15,25H,16-20H2,1H3. The predicted octanol–water partition coefficient (Wildman–Crippen LogP) is 4.86. The molecule has 1 fully saturated rings. The van der Waals surface area contributed by atoms with Crippen molar-refractivity contribution in [1.29, 1.82) is 0 Å². The Morgan fingerprint density at radius 1 is 0.806 bits per heavy atom. The third-order valence-electron chi connectivity index (χ3n) is 6.01. The van der Waals surface area contributed by atoms with Crippen LogP contribution in [0.15, 0.2) is 84.9 Å². The Hall–Kier alpha value is -3.40. The molecule has 0 unspecified atom stereocenters. The number of carbonyl (C=O) groups excluding carboxylic acids is 2. The first-order valence-corrected chi connectivity index (χ1v) is 10.9. The fourth-order valence-electron chi connectivity index (χ4n) is 4.19. The molecule has 4 rings (SSSR count). The lowest BCUT2D eigenvalue weighted by molar-refractivity contribution is -0.136. The Morgan fingerprint density at radius 3 is 1.97 bits per heavy atom. The molecule has 4 heteroatoms. The van der Waals surface area contributed by atoms with Crippen molar-refractivity contribution in [1.82, 2.24) is 9.80 Å². The van der Waals surface area contributed by atoms with Crippen LogP contribution in [0.2, 0.25) is 0 Å². The number of rotatable bonds is 5. The molecule has 2 amide bonds. The zero-order valence-corrected chi connectivity index (χ0v) is 17.9. The van der Waals surface area contributed by atoms with Crippen LogP contribution in [-0.2, 0) is 11.3 Å². The summed E-state index contributed by atoms with van der Waals surface area (Å²) in [5.74, 6) is 0.199. The summed E-state index contributed by atoms with van der Waals surface area (Å²) in [4.78, 5) is 29.5. The van der Waals surface area contributed by atoms with Gasteiger partial charge in [-0.1, -0.05) is 72.8 Å². The van der Waals surface area contributed by atoms with Gasteiger partial charge in [-0.2, -0.15) is 0 Å². The van der Waals surface area contributed by atoms with Gasteiger partial charge in [0, 0.05) is 38.2 Å². The third kappa shape index (κ3) is 5.02. The van der Waals surface area contributed by atoms with Crippen LogP contribution >= 0.6 is 0 Å². The first-order valence-electron chi connectivity index (χ1n) is 10.9. The van der Waals surface area contributed by atoms with Crippen LogP contribution in [0, 0.1) is 5.92 Å². The average Bonchev–Trinajstić information content (AvgIpc) is 2.84. The van der Waals surface area contributed by atoms with E-state index in [2.05, 4.69) is 12.1 Å². The molecule has 4 nitrogen and oxygen atoms in total. The van der Waals surface area contributed by atoms with E-state index >= 15 is 0 Å². The number of benzene rings is 3. The molecule has 1 heterocycles. The van der Waals surface area contributed by atoms with Crippen LogP contribution in [0.4, 0.5) is 0 Å². The molecular formula is C27H28N2O2. The van der Waals surface area contributed by atoms with Gasteiger partial charge in [-0.25, -0.2) is 0 Å². The molecule has 0 spiro atoms. The summed E-state index contributed by atoms with van der Waals surface area (Å²) in [6.45, 7) is 1.86. The van der Waals surface area contributed by atoms with E-state index < -0.39 is 0 Å². The summed E-state index contributed by atoms with van der Waals surface area (Å²) >= 11 is 0. The quantitative estimate of drug-likeness (QED) is 0.600. The van der Waals surface area contributed by atoms with Gasteiger partial charge in [-0.05, 0) is 41.7 Å². The van der Waals surface area contributed by atoms with E-state index in [9.17, 15) is 9.59 Å². The van der Waals surface area contributed by atoms with E-state index in [1.165, 1.54) is 0 Å². The SMILES string of the molecule is CN(Cc1ccccc1)C(=O)C1CCN(C(=O)c2ccc(-c3ccccc3)cc2)CC1. The highest BCUT2D eigenvalue weighted by molar-refractivity contribution is 5.95. The zero-order chi connectivity index (χ0) is 21.6. The van der Waals surface area contributed by atoms with E-state index in [-0.39, 0.29) is 17.7 Å². The minimum atomic E-state index is -0.0155. The van der Waals surface area contributed by atoms with Gasteiger partial charge >= 0.3 is 0 Å². The second-order valence-corrected chi connectivity index (χ2v) is 8.19. The van der Waals surface area contributed by atoms with Crippen molar-refractivity contribution in [3.05, 3.63) is 96.1 Å². The maximum Gasteiger partial charge on any atom is 0.253 e. The van der Waals surface area contributed by atoms with Gasteiger partial charge < -0.3 is 9.80 Å². The Morgan fingerprint density at radius 2 is 1.35 bits per heavy atom. The number of carbonyl (C=O) groups is 2. The molecule has 0 radical (unpaired) electrons. The summed E-state index contributed by atoms with van der Waals surface area (Å²) in [7, 11) is 1.86. The molecule has 158 valence electrons. The highest BCUT2D eigenvalue weighted by atomic mass is 16.2. The van der Waals surface area contributed by atoms with Gasteiger partial charge in [0.15, 0.2) is 0 Å². The normalized spacial score (nSPS) is 14.3. The summed E-state index contributed by atoms with van der Waals surface area (Å²) in [5.41, 5.74) is 4.07. The molecule has 1 aliphatic heterocycles. The van der Waals surface area contributed by atoms with Crippen LogP contribution < -0.4 is 0 Å². The van der Waals surface area contributed by atoms with Gasteiger partial charge in [0.05, 0.1) is 0 Å². The van der Waals surface area contributed by atoms with Crippen molar-refractivity contribution >= 4 is 11.8 Å². The number of hydrogen-bond donors (Lipinski definition) is 0. The highest BCUT2D eigenvalue weighted by Gasteiger charge is 2.29. The van der Waals surface area contributed by atoms with E-state index in [1.54, 1.807) is 4.90 Å². The number of likely N-dealkylation sites (tertiary alicyclic amines) is 1. The minimum Gasteiger partial charge on any atom is -0.341 e. The summed E-state index contributed by atoms with van der Waals surface area (Å²) in [6.07, 6.45) is 1.43. The second-order valence-electron chi connectivity index (χ2n) is 8.19. The Kier molecular flexibility index (Phi) is 6.46. The van der Waals surface area contributed by atoms with Crippen LogP contribution in [0.1, 0.15) is 28.8 Å². The van der Waals surface area contributed by atoms with Crippen molar-refractivity contribution in [2.24, 2.45) is 5.92 Å². The predicted molar refractivity (Wildman–Crippen MR) is 123 cm³/mol. The largest absolute Gasteiger partial charge is 0.341 e. The van der Waals surface area contributed by atoms with Crippen molar-refractivity contribution < 1.29 is 9.59 Å². The average molecular weight is 413 g/mol. The van der Waals surface area contributed by atoms with Crippen molar-refractivity contribution in [2.75, 3.05) is 20.1 Å². The van der Waals surface area contributed by atoms with Crippen molar-refractivity contribution in [3.8, 4) is 11.1 Å². The molecule has 0 aliphatic carbocycles. The summed E-state index contributed by atoms with van der Waals surface area (Å²) in [5, 5.41) is 0. The van der Waals surface area contributed by atoms with Gasteiger partial charge in [-0.3, -0.25) is 9.59 Å². The molecule has 0 aromatic heterocycles. The fraction of sp³-hybridized carbons (Fsp3) is 0.259. The monoisotopic (exact) mass is 412 g/mol. The molecular weight excluding hydrogens is 384 g/mol. The van der Waals surface area contributed by atoms with Gasteiger partial charge in [0.1, 0.15) is 0 Å². The smallest absolute Gasteiger partial charge is 0.253 e. The van der Waals surface area contributed by atoms with Crippen LogP contribution in [-0.4, -0.2) is 41.8 Å². The first-order chi connectivity index (χ1) is 15.1. The van der Waals surface area contributed by atoms with Gasteiger partial charge in [0.25, 0.3) is 5.91 Å². The van der Waals surface area contributed by atoms with Gasteiger partial charge in [-0.15, -0.1) is 0 Å². The first kappa shape index (κ1) is 20.9. The summed E-state index contributed by atoms with van der Waals surface area (Å²) in [6, 6.07) is 28.0. The van der Waals surface area contributed by atoms with Crippen molar-refractivity contribution in [2.45, 2.75) is 19.4 Å². The molecule has 1 aliphatic rings. The highest BCUT2D eigenvalue weighted by Crippen LogP contribution is 2.23. The van der Waals surface area contributed by atoms with E-state index in [1.807, 2.05) is 84.7 Å². The van der Waals surface area contributed by atoms with Crippen molar-refractivity contribution in [3.63, 3.8) is 0 Å². The number of piperidine rings is 1. The lowest BCUT2D eigenvalue weighted by atomic mass is 9.94. The zero-order valence-electron chi connectivity index (χ0n) is 17.9. The maximum atomic E-state index is 12.9. The second kappa shape index (κ2) is 9.61. The Labute approximate surface area is 184 Å². The molecule has 0 atom stereocenters. The molecule has 3 aromatic rings. The van der Waals surface area contributed by atoms with E-state index in [0.717, 1.165) is 16.7 Å². The molecule has 31 heavy (non-hydrogen) atoms. The third-order valence-corrected chi connectivity index (χ3v) is 6.01. The van der Waals surface area contributed by atoms with Crippen LogP contribution in [0.25, 0.3) is 11.1 Å². The van der Waals surface area contributed by atoms with E-state index in [0.29, 0.717) is 38.0 Å². The Bertz CT molecular complexity index is 1010. The molecule has 0 bridgehead atoms. The van der Waals surface area contributed by atoms with E-state index in [4.69, 9.17) is 0 Å². The minimum absolute atomic E-state index is 0.0155. The number of nitrogens with zero attached hydrogens (tertiary/aromatic N) is 2. The topological polar surface area (TPSA) is 40.6 Å². The number of hydrogen-bond acceptors (Lipinski definition) is 2. The summed E-state index contributed by atoms with van der Waals surface area (Å²) < 4.78 is 0. The fourth-order valence-corrected chi connectivity index (χ4v) is 4.19. The molecule has 3 aromatic carbocycles. The molecule has 0 saturated carbocycles. The van der Waals surface area contributed by atoms with Crippen LogP contribution in [0.3, 0.4) is 0 Å². The molecule has 0 N–H and O–H groups in total. The lowest BCUT2D eigenvalue weighted by Crippen LogP contribution is -2.43. The van der Waals surface area contributed by atoms with Crippen LogP contribution in [0.5, 0.6) is 0 Å². The lowest BCUT2D eigenvalue weighted by Gasteiger charge is -2.33. The Balaban J connectivity index is 1.32. The molecule has 1 saturated heterocycles. The van der Waals surface area contributed by atoms with Gasteiger partial charge in [0.2, 0.25) is 5.91 Å².